The van der Waals surface area contributed by atoms with E-state index in [0.29, 0.717) is 18.3 Å². The molecule has 1 N–H and O–H groups in total. The fourth-order valence-electron chi connectivity index (χ4n) is 1.33. The van der Waals surface area contributed by atoms with Crippen molar-refractivity contribution in [1.29, 1.82) is 0 Å². The van der Waals surface area contributed by atoms with Crippen LogP contribution in [-0.2, 0) is 6.54 Å². The summed E-state index contributed by atoms with van der Waals surface area (Å²) in [6.07, 6.45) is 0. The normalized spacial score (nSPS) is 13.2. The Morgan fingerprint density at radius 2 is 2.35 bits per heavy atom. The van der Waals surface area contributed by atoms with Crippen LogP contribution in [0.25, 0.3) is 10.8 Å². The summed E-state index contributed by atoms with van der Waals surface area (Å²) in [6, 6.07) is 3.97. The first-order valence-electron chi connectivity index (χ1n) is 5.38. The van der Waals surface area contributed by atoms with Crippen molar-refractivity contribution in [3.63, 3.8) is 0 Å². The summed E-state index contributed by atoms with van der Waals surface area (Å²) in [5.74, 6) is 1.12. The Morgan fingerprint density at radius 1 is 1.53 bits per heavy atom. The Bertz CT molecular complexity index is 455. The van der Waals surface area contributed by atoms with Gasteiger partial charge in [0.25, 0.3) is 5.89 Å². The zero-order chi connectivity index (χ0) is 12.3. The summed E-state index contributed by atoms with van der Waals surface area (Å²) in [7, 11) is 1.91. The average Bonchev–Trinajstić information content (AvgIpc) is 2.97. The predicted octanol–water partition coefficient (Wildman–Crippen LogP) is 1.61. The topological polar surface area (TPSA) is 62.4 Å². The lowest BCUT2D eigenvalue weighted by Gasteiger charge is -2.20. The highest BCUT2D eigenvalue weighted by molar-refractivity contribution is 7.13. The van der Waals surface area contributed by atoms with Gasteiger partial charge in [-0.3, -0.25) is 4.90 Å². The molecule has 2 heterocycles. The molecular weight excluding hydrogens is 238 g/mol. The number of likely N-dealkylation sites (N-methyl/N-ethyl adjacent to an activating group) is 1. The largest absolute Gasteiger partial charge is 0.419 e. The highest BCUT2D eigenvalue weighted by Gasteiger charge is 2.14. The van der Waals surface area contributed by atoms with Gasteiger partial charge >= 0.3 is 0 Å². The molecule has 92 valence electrons. The number of aliphatic hydroxyl groups excluding tert-OH is 1. The number of nitrogens with zero attached hydrogens (tertiary/aromatic N) is 3. The minimum absolute atomic E-state index is 0.0760. The van der Waals surface area contributed by atoms with Crippen LogP contribution in [0.3, 0.4) is 0 Å². The molecule has 1 atom stereocenters. The maximum atomic E-state index is 9.03. The van der Waals surface area contributed by atoms with Gasteiger partial charge in [0, 0.05) is 6.04 Å². The van der Waals surface area contributed by atoms with E-state index in [1.54, 1.807) is 11.3 Å². The fraction of sp³-hybridized carbons (Fsp3) is 0.455. The Labute approximate surface area is 104 Å². The van der Waals surface area contributed by atoms with Crippen LogP contribution in [0.2, 0.25) is 0 Å². The van der Waals surface area contributed by atoms with Crippen molar-refractivity contribution < 1.29 is 9.52 Å². The minimum Gasteiger partial charge on any atom is -0.419 e. The van der Waals surface area contributed by atoms with Crippen molar-refractivity contribution in [2.45, 2.75) is 19.5 Å². The second-order valence-corrected chi connectivity index (χ2v) is 4.87. The fourth-order valence-corrected chi connectivity index (χ4v) is 1.97. The molecule has 2 rings (SSSR count). The summed E-state index contributed by atoms with van der Waals surface area (Å²) in [5, 5.41) is 19.0. The summed E-state index contributed by atoms with van der Waals surface area (Å²) in [5.41, 5.74) is 0. The van der Waals surface area contributed by atoms with E-state index in [1.807, 2.05) is 36.4 Å². The molecule has 0 bridgehead atoms. The van der Waals surface area contributed by atoms with Crippen LogP contribution in [0.15, 0.2) is 21.9 Å². The molecule has 0 aliphatic carbocycles. The Morgan fingerprint density at radius 3 is 3.00 bits per heavy atom. The van der Waals surface area contributed by atoms with Crippen molar-refractivity contribution in [2.75, 3.05) is 13.7 Å². The van der Waals surface area contributed by atoms with E-state index in [2.05, 4.69) is 10.2 Å². The number of aliphatic hydroxyl groups is 1. The Balaban J connectivity index is 2.04. The van der Waals surface area contributed by atoms with Gasteiger partial charge in [0.1, 0.15) is 0 Å². The molecule has 0 aromatic carbocycles. The van der Waals surface area contributed by atoms with E-state index in [0.717, 1.165) is 4.88 Å². The molecule has 0 spiro atoms. The second kappa shape index (κ2) is 5.39. The maximum Gasteiger partial charge on any atom is 0.257 e. The highest BCUT2D eigenvalue weighted by atomic mass is 32.1. The SMILES string of the molecule is CC(CO)N(C)Cc1nnc(-c2cccs2)o1. The van der Waals surface area contributed by atoms with Crippen LogP contribution in [0, 0.1) is 0 Å². The van der Waals surface area contributed by atoms with Crippen LogP contribution in [0.4, 0.5) is 0 Å². The number of hydrogen-bond donors (Lipinski definition) is 1. The molecule has 0 aliphatic rings. The molecule has 0 saturated carbocycles. The standard InChI is InChI=1S/C11H15N3O2S/c1-8(7-15)14(2)6-10-12-13-11(16-10)9-4-3-5-17-9/h3-5,8,15H,6-7H2,1-2H3. The molecule has 0 saturated heterocycles. The third-order valence-corrected chi connectivity index (χ3v) is 3.46. The van der Waals surface area contributed by atoms with Crippen molar-refractivity contribution in [1.82, 2.24) is 15.1 Å². The zero-order valence-corrected chi connectivity index (χ0v) is 10.6. The van der Waals surface area contributed by atoms with E-state index in [1.165, 1.54) is 0 Å². The van der Waals surface area contributed by atoms with E-state index >= 15 is 0 Å². The molecule has 0 fully saturated rings. The van der Waals surface area contributed by atoms with E-state index in [9.17, 15) is 0 Å². The highest BCUT2D eigenvalue weighted by Crippen LogP contribution is 2.23. The van der Waals surface area contributed by atoms with Crippen LogP contribution < -0.4 is 0 Å². The molecule has 17 heavy (non-hydrogen) atoms. The molecule has 0 aliphatic heterocycles. The van der Waals surface area contributed by atoms with Crippen LogP contribution >= 0.6 is 11.3 Å². The minimum atomic E-state index is 0.0760. The number of thiophene rings is 1. The van der Waals surface area contributed by atoms with Gasteiger partial charge in [-0.15, -0.1) is 21.5 Å². The first-order valence-corrected chi connectivity index (χ1v) is 6.26. The van der Waals surface area contributed by atoms with Gasteiger partial charge in [-0.2, -0.15) is 0 Å². The van der Waals surface area contributed by atoms with Crippen molar-refractivity contribution in [3.8, 4) is 10.8 Å². The average molecular weight is 253 g/mol. The first kappa shape index (κ1) is 12.2. The second-order valence-electron chi connectivity index (χ2n) is 3.92. The van der Waals surface area contributed by atoms with Crippen molar-refractivity contribution in [2.24, 2.45) is 0 Å². The summed E-state index contributed by atoms with van der Waals surface area (Å²) < 4.78 is 5.56. The molecule has 1 unspecified atom stereocenters. The van der Waals surface area contributed by atoms with Gasteiger partial charge in [0.2, 0.25) is 5.89 Å². The van der Waals surface area contributed by atoms with Crippen LogP contribution in [0.5, 0.6) is 0 Å². The van der Waals surface area contributed by atoms with Gasteiger partial charge in [-0.25, -0.2) is 0 Å². The molecule has 2 aromatic rings. The maximum absolute atomic E-state index is 9.03. The van der Waals surface area contributed by atoms with Gasteiger partial charge in [-0.1, -0.05) is 6.07 Å². The van der Waals surface area contributed by atoms with Gasteiger partial charge in [0.15, 0.2) is 0 Å². The van der Waals surface area contributed by atoms with E-state index in [-0.39, 0.29) is 12.6 Å². The third-order valence-electron chi connectivity index (χ3n) is 2.60. The van der Waals surface area contributed by atoms with Crippen molar-refractivity contribution >= 4 is 11.3 Å². The Hall–Kier alpha value is -1.24. The molecule has 2 aromatic heterocycles. The van der Waals surface area contributed by atoms with Crippen LogP contribution in [0.1, 0.15) is 12.8 Å². The predicted molar refractivity (Wildman–Crippen MR) is 65.6 cm³/mol. The Kier molecular flexibility index (Phi) is 3.88. The van der Waals surface area contributed by atoms with E-state index in [4.69, 9.17) is 9.52 Å². The van der Waals surface area contributed by atoms with Crippen LogP contribution in [-0.4, -0.2) is 39.9 Å². The lowest BCUT2D eigenvalue weighted by molar-refractivity contribution is 0.145. The summed E-state index contributed by atoms with van der Waals surface area (Å²) in [6.45, 7) is 2.60. The monoisotopic (exact) mass is 253 g/mol. The lowest BCUT2D eigenvalue weighted by Crippen LogP contribution is -2.31. The molecular formula is C11H15N3O2S. The first-order chi connectivity index (χ1) is 8.20. The van der Waals surface area contributed by atoms with Gasteiger partial charge in [0.05, 0.1) is 18.0 Å². The third kappa shape index (κ3) is 2.91. The van der Waals surface area contributed by atoms with Crippen molar-refractivity contribution in [3.05, 3.63) is 23.4 Å². The molecule has 0 amide bonds. The van der Waals surface area contributed by atoms with E-state index < -0.39 is 0 Å². The quantitative estimate of drug-likeness (QED) is 0.877. The lowest BCUT2D eigenvalue weighted by atomic mass is 10.3. The molecule has 6 heteroatoms. The smallest absolute Gasteiger partial charge is 0.257 e. The zero-order valence-electron chi connectivity index (χ0n) is 9.83. The summed E-state index contributed by atoms with van der Waals surface area (Å²) in [4.78, 5) is 2.94. The number of aromatic nitrogens is 2. The molecule has 5 nitrogen and oxygen atoms in total. The molecule has 0 radical (unpaired) electrons. The van der Waals surface area contributed by atoms with Gasteiger partial charge in [-0.05, 0) is 25.4 Å². The van der Waals surface area contributed by atoms with Gasteiger partial charge < -0.3 is 9.52 Å². The number of hydrogen-bond acceptors (Lipinski definition) is 6. The summed E-state index contributed by atoms with van der Waals surface area (Å²) >= 11 is 1.57. The number of rotatable bonds is 5.